The minimum atomic E-state index is -0.485. The third kappa shape index (κ3) is 6.87. The summed E-state index contributed by atoms with van der Waals surface area (Å²) < 4.78 is 5.53. The average molecular weight is 342 g/mol. The van der Waals surface area contributed by atoms with Crippen LogP contribution in [0.5, 0.6) is 0 Å². The van der Waals surface area contributed by atoms with Crippen molar-refractivity contribution in [2.45, 2.75) is 72.1 Å². The number of nitrogens with one attached hydrogen (secondary N) is 1. The first kappa shape index (κ1) is 19.9. The normalized spacial score (nSPS) is 13.7. The second-order valence-corrected chi connectivity index (χ2v) is 8.51. The van der Waals surface area contributed by atoms with Gasteiger partial charge in [0.15, 0.2) is 0 Å². The van der Waals surface area contributed by atoms with Crippen molar-refractivity contribution >= 4 is 17.4 Å². The van der Waals surface area contributed by atoms with Crippen molar-refractivity contribution in [1.82, 2.24) is 15.2 Å². The summed E-state index contributed by atoms with van der Waals surface area (Å²) in [5, 5.41) is 6.57. The number of nitrogens with zero attached hydrogens (tertiary/aromatic N) is 2. The Kier molecular flexibility index (Phi) is 7.02. The molecule has 1 atom stereocenters. The van der Waals surface area contributed by atoms with E-state index in [-0.39, 0.29) is 17.7 Å². The Labute approximate surface area is 144 Å². The van der Waals surface area contributed by atoms with E-state index >= 15 is 0 Å². The highest BCUT2D eigenvalue weighted by atomic mass is 32.1. The quantitative estimate of drug-likeness (QED) is 0.842. The number of ether oxygens (including phenoxy) is 1. The van der Waals surface area contributed by atoms with Gasteiger partial charge in [0.25, 0.3) is 0 Å². The molecule has 1 rings (SSSR count). The Hall–Kier alpha value is -1.14. The van der Waals surface area contributed by atoms with Crippen LogP contribution in [0, 0.1) is 0 Å². The van der Waals surface area contributed by atoms with Crippen LogP contribution in [-0.2, 0) is 4.74 Å². The van der Waals surface area contributed by atoms with Gasteiger partial charge in [-0.1, -0.05) is 6.92 Å². The lowest BCUT2D eigenvalue weighted by Crippen LogP contribution is -2.50. The van der Waals surface area contributed by atoms with Gasteiger partial charge in [-0.25, -0.2) is 9.78 Å². The molecule has 0 bridgehead atoms. The molecule has 0 saturated carbocycles. The molecule has 1 aromatic rings. The molecule has 5 nitrogen and oxygen atoms in total. The van der Waals surface area contributed by atoms with E-state index < -0.39 is 5.60 Å². The summed E-state index contributed by atoms with van der Waals surface area (Å²) in [5.41, 5.74) is -0.770. The molecule has 0 aromatic carbocycles. The van der Waals surface area contributed by atoms with Gasteiger partial charge in [-0.3, -0.25) is 0 Å². The molecular formula is C17H31N3O2S. The molecule has 0 spiro atoms. The number of carbonyl (C=O) groups excluding carboxylic acids is 1. The van der Waals surface area contributed by atoms with Crippen LogP contribution in [0.1, 0.15) is 65.9 Å². The molecule has 6 heteroatoms. The van der Waals surface area contributed by atoms with Crippen LogP contribution in [-0.4, -0.2) is 40.2 Å². The van der Waals surface area contributed by atoms with E-state index in [9.17, 15) is 4.79 Å². The summed E-state index contributed by atoms with van der Waals surface area (Å²) >= 11 is 1.66. The summed E-state index contributed by atoms with van der Waals surface area (Å²) in [5.74, 6) is 0. The summed E-state index contributed by atoms with van der Waals surface area (Å²) in [7, 11) is 0. The maximum Gasteiger partial charge on any atom is 0.410 e. The first-order valence-electron chi connectivity index (χ1n) is 8.18. The van der Waals surface area contributed by atoms with Crippen molar-refractivity contribution in [2.24, 2.45) is 0 Å². The fourth-order valence-corrected chi connectivity index (χ4v) is 2.98. The lowest BCUT2D eigenvalue weighted by molar-refractivity contribution is 0.00646. The first-order chi connectivity index (χ1) is 10.5. The molecule has 1 aromatic heterocycles. The molecular weight excluding hydrogens is 310 g/mol. The Balaban J connectivity index is 2.63. The third-order valence-corrected chi connectivity index (χ3v) is 4.20. The zero-order valence-corrected chi connectivity index (χ0v) is 16.3. The number of hydrogen-bond donors (Lipinski definition) is 1. The monoisotopic (exact) mass is 341 g/mol. The fourth-order valence-electron chi connectivity index (χ4n) is 2.18. The minimum absolute atomic E-state index is 0.232. The van der Waals surface area contributed by atoms with Crippen molar-refractivity contribution in [1.29, 1.82) is 0 Å². The summed E-state index contributed by atoms with van der Waals surface area (Å²) in [4.78, 5) is 18.6. The lowest BCUT2D eigenvalue weighted by atomic mass is 10.1. The van der Waals surface area contributed by atoms with Crippen molar-refractivity contribution in [3.05, 3.63) is 16.6 Å². The number of amides is 1. The van der Waals surface area contributed by atoms with Crippen molar-refractivity contribution in [2.75, 3.05) is 13.1 Å². The van der Waals surface area contributed by atoms with E-state index in [1.807, 2.05) is 53.1 Å². The highest BCUT2D eigenvalue weighted by molar-refractivity contribution is 7.09. The molecule has 0 saturated heterocycles. The standard InChI is InChI=1S/C17H31N3O2S/c1-8-13(14-19-10-12-23-14)18-9-11-20(16(2,3)4)15(21)22-17(5,6)7/h10,12-13,18H,8-9,11H2,1-7H3. The number of carbonyl (C=O) groups is 1. The molecule has 0 aliphatic rings. The smallest absolute Gasteiger partial charge is 0.410 e. The molecule has 0 fully saturated rings. The Morgan fingerprint density at radius 1 is 1.35 bits per heavy atom. The minimum Gasteiger partial charge on any atom is -0.444 e. The topological polar surface area (TPSA) is 54.5 Å². The number of hydrogen-bond acceptors (Lipinski definition) is 5. The van der Waals surface area contributed by atoms with E-state index in [1.54, 1.807) is 16.2 Å². The van der Waals surface area contributed by atoms with Crippen LogP contribution in [0.15, 0.2) is 11.6 Å². The van der Waals surface area contributed by atoms with Gasteiger partial charge in [0, 0.05) is 30.2 Å². The molecule has 1 N–H and O–H groups in total. The van der Waals surface area contributed by atoms with E-state index in [1.165, 1.54) is 0 Å². The zero-order valence-electron chi connectivity index (χ0n) is 15.5. The van der Waals surface area contributed by atoms with Crippen LogP contribution in [0.3, 0.4) is 0 Å². The van der Waals surface area contributed by atoms with Crippen molar-refractivity contribution < 1.29 is 9.53 Å². The average Bonchev–Trinajstić information content (AvgIpc) is 2.88. The van der Waals surface area contributed by atoms with Gasteiger partial charge in [0.05, 0.1) is 6.04 Å². The second kappa shape index (κ2) is 8.11. The number of rotatable bonds is 6. The third-order valence-electron chi connectivity index (χ3n) is 3.31. The van der Waals surface area contributed by atoms with Gasteiger partial charge < -0.3 is 15.0 Å². The van der Waals surface area contributed by atoms with E-state index in [4.69, 9.17) is 4.74 Å². The van der Waals surface area contributed by atoms with E-state index in [2.05, 4.69) is 17.2 Å². The van der Waals surface area contributed by atoms with Gasteiger partial charge in [-0.15, -0.1) is 11.3 Å². The second-order valence-electron chi connectivity index (χ2n) is 7.59. The Morgan fingerprint density at radius 3 is 2.43 bits per heavy atom. The predicted octanol–water partition coefficient (Wildman–Crippen LogP) is 4.22. The van der Waals surface area contributed by atoms with Gasteiger partial charge >= 0.3 is 6.09 Å². The van der Waals surface area contributed by atoms with Crippen LogP contribution in [0.2, 0.25) is 0 Å². The van der Waals surface area contributed by atoms with Gasteiger partial charge in [0.1, 0.15) is 10.6 Å². The van der Waals surface area contributed by atoms with Crippen LogP contribution >= 0.6 is 11.3 Å². The molecule has 23 heavy (non-hydrogen) atoms. The van der Waals surface area contributed by atoms with Crippen LogP contribution in [0.25, 0.3) is 0 Å². The van der Waals surface area contributed by atoms with Gasteiger partial charge in [-0.2, -0.15) is 0 Å². The number of thiazole rings is 1. The Morgan fingerprint density at radius 2 is 2.00 bits per heavy atom. The molecule has 0 aliphatic carbocycles. The Bertz CT molecular complexity index is 475. The molecule has 1 unspecified atom stereocenters. The maximum absolute atomic E-state index is 12.4. The van der Waals surface area contributed by atoms with Crippen LogP contribution < -0.4 is 5.32 Å². The summed E-state index contributed by atoms with van der Waals surface area (Å²) in [6.45, 7) is 15.2. The molecule has 1 heterocycles. The van der Waals surface area contributed by atoms with Crippen molar-refractivity contribution in [3.63, 3.8) is 0 Å². The summed E-state index contributed by atoms with van der Waals surface area (Å²) in [6, 6.07) is 0.232. The largest absolute Gasteiger partial charge is 0.444 e. The van der Waals surface area contributed by atoms with E-state index in [0.717, 1.165) is 11.4 Å². The highest BCUT2D eigenvalue weighted by Gasteiger charge is 2.30. The SMILES string of the molecule is CCC(NCCN(C(=O)OC(C)(C)C)C(C)(C)C)c1nccs1. The van der Waals surface area contributed by atoms with Gasteiger partial charge in [0.2, 0.25) is 0 Å². The molecule has 0 radical (unpaired) electrons. The van der Waals surface area contributed by atoms with E-state index in [0.29, 0.717) is 13.1 Å². The van der Waals surface area contributed by atoms with Crippen molar-refractivity contribution in [3.8, 4) is 0 Å². The highest BCUT2D eigenvalue weighted by Crippen LogP contribution is 2.20. The zero-order chi connectivity index (χ0) is 17.7. The summed E-state index contributed by atoms with van der Waals surface area (Å²) in [6.07, 6.45) is 2.52. The molecule has 0 aliphatic heterocycles. The van der Waals surface area contributed by atoms with Crippen LogP contribution in [0.4, 0.5) is 4.79 Å². The lowest BCUT2D eigenvalue weighted by Gasteiger charge is -2.37. The first-order valence-corrected chi connectivity index (χ1v) is 9.06. The molecule has 1 amide bonds. The number of aromatic nitrogens is 1. The molecule has 132 valence electrons. The maximum atomic E-state index is 12.4. The predicted molar refractivity (Wildman–Crippen MR) is 95.8 cm³/mol. The van der Waals surface area contributed by atoms with Gasteiger partial charge in [-0.05, 0) is 48.0 Å². The fraction of sp³-hybridized carbons (Fsp3) is 0.765.